The summed E-state index contributed by atoms with van der Waals surface area (Å²) >= 11 is 18.1. The Kier molecular flexibility index (Phi) is 94.8. The second kappa shape index (κ2) is 68.8. The largest absolute Gasteiger partial charge is 0.545 e. The molecule has 9 rings (SSSR count). The first kappa shape index (κ1) is 123. The molecule has 3 aliphatic carbocycles. The van der Waals surface area contributed by atoms with Crippen LogP contribution in [-0.2, 0) is 65.6 Å². The standard InChI is InChI=1S/C20H29ClN4.C18H24ClN3.C15H17ClN2.3CHO.CH4.9CH3.3Mn.5H2O/c1-25(2)14-16-5-3-4-15(16)13-22-10-11-24-19-8-9-23-20-12-17(21)6-7-18(19)20;1-22(2)12-14-5-3-4-13(14)11-21-17-8-9-20-18-10-15(19)6-7-16(17)18;16-12-5-6-13-14(7-8-17-15(13)9-12)18-10-11-3-1-2-4-11;3*1-2;;;;;;;;;;;;;;;;;;/h6-9,12,15-16,22H,3-5,10-11,13-14H2,1-2H3,(H,23,24);6-10,13-14H,3-5,11-12H2,1-2H3,(H,20,21);5-9,11H,1-4,10H2,(H,17,18);3*1H;1H4;9*1H3;;;;5*1H2/q;;;3*-1;;9*-1;;;;;;;;. The first-order chi connectivity index (χ1) is 34.6. The van der Waals surface area contributed by atoms with Crippen LogP contribution in [0.1, 0.15) is 71.6 Å². The molecule has 0 bridgehead atoms. The monoisotopic (exact) mass is 1430 g/mol. The Morgan fingerprint density at radius 1 is 0.416 bits per heavy atom. The molecule has 3 saturated carbocycles. The molecule has 0 aliphatic heterocycles. The summed E-state index contributed by atoms with van der Waals surface area (Å²) in [6, 6.07) is 23.8. The number of pyridine rings is 3. The predicted molar refractivity (Wildman–Crippen MR) is 382 cm³/mol. The van der Waals surface area contributed by atoms with Crippen LogP contribution in [0, 0.1) is 96.4 Å². The Hall–Kier alpha value is -3.59. The number of benzene rings is 3. The van der Waals surface area contributed by atoms with Gasteiger partial charge in [0.2, 0.25) is 0 Å². The molecule has 3 heterocycles. The number of carbonyl (C=O) groups excluding carboxylic acids is 3. The van der Waals surface area contributed by atoms with Crippen molar-refractivity contribution in [1.29, 1.82) is 0 Å². The minimum Gasteiger partial charge on any atom is -0.545 e. The van der Waals surface area contributed by atoms with Crippen molar-refractivity contribution in [2.75, 3.05) is 90.0 Å². The molecule has 0 amide bonds. The van der Waals surface area contributed by atoms with Crippen molar-refractivity contribution in [3.05, 3.63) is 173 Å². The van der Waals surface area contributed by atoms with E-state index < -0.39 is 0 Å². The normalized spacial score (nSPS) is 14.5. The summed E-state index contributed by atoms with van der Waals surface area (Å²) in [7, 11) is 8.70. The molecule has 17 nitrogen and oxygen atoms in total. The van der Waals surface area contributed by atoms with Crippen LogP contribution in [0.5, 0.6) is 0 Å². The van der Waals surface area contributed by atoms with Gasteiger partial charge >= 0.3 is 0 Å². The summed E-state index contributed by atoms with van der Waals surface area (Å²) < 4.78 is 0. The van der Waals surface area contributed by atoms with Crippen molar-refractivity contribution < 1.29 is 93.0 Å². The summed E-state index contributed by atoms with van der Waals surface area (Å²) in [5, 5.41) is 20.0. The minimum atomic E-state index is 0. The molecule has 525 valence electrons. The van der Waals surface area contributed by atoms with Crippen LogP contribution in [0.3, 0.4) is 0 Å². The third-order valence-electron chi connectivity index (χ3n) is 13.6. The molecule has 14 N–H and O–H groups in total. The van der Waals surface area contributed by atoms with Crippen LogP contribution in [0.4, 0.5) is 17.1 Å². The van der Waals surface area contributed by atoms with Crippen molar-refractivity contribution in [2.24, 2.45) is 29.6 Å². The zero-order valence-corrected chi connectivity index (χ0v) is 60.3. The number of rotatable bonds is 16. The van der Waals surface area contributed by atoms with Crippen LogP contribution in [0.15, 0.2) is 91.4 Å². The van der Waals surface area contributed by atoms with E-state index in [4.69, 9.17) is 49.2 Å². The van der Waals surface area contributed by atoms with Crippen LogP contribution in [0.2, 0.25) is 15.1 Å². The maximum Gasteiger partial charge on any atom is 0.0737 e. The summed E-state index contributed by atoms with van der Waals surface area (Å²) in [6.45, 7) is 17.3. The van der Waals surface area contributed by atoms with Gasteiger partial charge in [0.1, 0.15) is 0 Å². The molecule has 3 aromatic carbocycles. The molecular weight excluding hydrogens is 1320 g/mol. The zero-order chi connectivity index (χ0) is 51.5. The average molecular weight is 1430 g/mol. The van der Waals surface area contributed by atoms with E-state index in [1.165, 1.54) is 83.0 Å². The number of nitrogens with zero attached hydrogens (tertiary/aromatic N) is 5. The molecule has 0 saturated heterocycles. The fraction of sp³-hybridized carbons (Fsp3) is 0.409. The van der Waals surface area contributed by atoms with E-state index in [1.807, 2.05) is 79.3 Å². The van der Waals surface area contributed by atoms with Gasteiger partial charge in [-0.25, -0.2) is 0 Å². The average Bonchev–Trinajstić information content (AvgIpc) is 4.18. The molecule has 89 heavy (non-hydrogen) atoms. The third-order valence-corrected chi connectivity index (χ3v) is 14.3. The quantitative estimate of drug-likeness (QED) is 0.0304. The van der Waals surface area contributed by atoms with Crippen molar-refractivity contribution in [1.82, 2.24) is 30.1 Å². The fourth-order valence-corrected chi connectivity index (χ4v) is 10.8. The van der Waals surface area contributed by atoms with E-state index in [9.17, 15) is 0 Å². The maximum absolute atomic E-state index is 7.75. The van der Waals surface area contributed by atoms with Gasteiger partial charge in [0, 0.05) is 157 Å². The molecule has 3 aliphatic rings. The maximum atomic E-state index is 7.75. The van der Waals surface area contributed by atoms with E-state index in [2.05, 4.69) is 107 Å². The third kappa shape index (κ3) is 40.9. The molecule has 3 aromatic heterocycles. The van der Waals surface area contributed by atoms with Gasteiger partial charge in [-0.1, -0.05) is 67.9 Å². The van der Waals surface area contributed by atoms with E-state index in [0.29, 0.717) is 0 Å². The summed E-state index contributed by atoms with van der Waals surface area (Å²) in [5.74, 6) is 4.08. The second-order valence-corrected chi connectivity index (χ2v) is 20.3. The van der Waals surface area contributed by atoms with Crippen molar-refractivity contribution >= 4 is 105 Å². The summed E-state index contributed by atoms with van der Waals surface area (Å²) in [5.41, 5.74) is 6.30. The topological polar surface area (TPSA) is 302 Å². The van der Waals surface area contributed by atoms with Gasteiger partial charge in [0.25, 0.3) is 0 Å². The summed E-state index contributed by atoms with van der Waals surface area (Å²) in [6.07, 6.45) is 19.2. The molecule has 3 fully saturated rings. The zero-order valence-electron chi connectivity index (χ0n) is 54.5. The number of anilines is 3. The van der Waals surface area contributed by atoms with Crippen LogP contribution >= 0.6 is 34.8 Å². The minimum absolute atomic E-state index is 0. The van der Waals surface area contributed by atoms with Gasteiger partial charge in [0.05, 0.1) is 16.6 Å². The molecule has 4 unspecified atom stereocenters. The van der Waals surface area contributed by atoms with Crippen molar-refractivity contribution in [3.63, 3.8) is 0 Å². The Morgan fingerprint density at radius 2 is 0.719 bits per heavy atom. The van der Waals surface area contributed by atoms with Crippen LogP contribution in [-0.4, -0.2) is 147 Å². The van der Waals surface area contributed by atoms with E-state index in [0.717, 1.165) is 121 Å². The Morgan fingerprint density at radius 3 is 1.06 bits per heavy atom. The van der Waals surface area contributed by atoms with Gasteiger partial charge in [-0.15, -0.1) is 0 Å². The first-order valence-electron chi connectivity index (χ1n) is 24.6. The van der Waals surface area contributed by atoms with Gasteiger partial charge in [-0.05, 0) is 176 Å². The second-order valence-electron chi connectivity index (χ2n) is 19.0. The molecule has 3 radical (unpaired) electrons. The number of hydrogen-bond acceptors (Lipinski definition) is 12. The summed E-state index contributed by atoms with van der Waals surface area (Å²) in [4.78, 5) is 41.0. The Labute approximate surface area is 588 Å². The molecule has 4 atom stereocenters. The number of hydrogen-bond donors (Lipinski definition) is 4. The van der Waals surface area contributed by atoms with Crippen molar-refractivity contribution in [2.45, 2.75) is 71.6 Å². The van der Waals surface area contributed by atoms with Crippen molar-refractivity contribution in [3.8, 4) is 0 Å². The number of nitrogens with one attached hydrogen (secondary N) is 4. The smallest absolute Gasteiger partial charge is 0.0737 e. The van der Waals surface area contributed by atoms with Gasteiger partial charge in [0.15, 0.2) is 0 Å². The number of fused-ring (bicyclic) bond motifs is 3. The van der Waals surface area contributed by atoms with Gasteiger partial charge in [-0.3, -0.25) is 35.3 Å². The van der Waals surface area contributed by atoms with Crippen LogP contribution < -0.4 is 21.3 Å². The van der Waals surface area contributed by atoms with E-state index >= 15 is 0 Å². The first-order valence-corrected chi connectivity index (χ1v) is 25.8. The molecular formula is C66H114Cl3Mn3N9O8-12. The SMILES string of the molecule is C.CN(C)CC1CCCC1CNCCNc1ccnc2cc(Cl)ccc12.CN(C)CC1CCCC1CNc1ccnc2cc(Cl)ccc12.Clc1ccc2c(NCC3CCCC3)ccnc2c1.O.O.O.O.O.[CH-]=O.[CH-]=O.[CH-]=O.[CH3-].[CH3-].[CH3-].[CH3-].[CH3-].[CH3-].[CH3-].[CH3-].[CH3-].[Mn].[Mn].[Mn]. The number of halogens is 3. The Balaban J connectivity index is -0.0000000624. The van der Waals surface area contributed by atoms with E-state index in [1.54, 1.807) is 0 Å². The van der Waals surface area contributed by atoms with Gasteiger partial charge < -0.3 is 140 Å². The van der Waals surface area contributed by atoms with E-state index in [-0.39, 0.29) is 153 Å². The fourth-order valence-electron chi connectivity index (χ4n) is 10.3. The molecule has 0 spiro atoms. The predicted octanol–water partition coefficient (Wildman–Crippen LogP) is 12.4. The van der Waals surface area contributed by atoms with Crippen LogP contribution in [0.25, 0.3) is 32.7 Å². The molecule has 6 aromatic rings. The molecule has 23 heteroatoms. The Bertz CT molecular complexity index is 2510. The van der Waals surface area contributed by atoms with Gasteiger partial charge in [-0.2, -0.15) is 0 Å². The number of aromatic nitrogens is 3.